The molecule has 3 nitrogen and oxygen atoms in total. The lowest BCUT2D eigenvalue weighted by Crippen LogP contribution is -2.25. The number of hydrogen-bond donors (Lipinski definition) is 0. The molecule has 0 spiro atoms. The number of aromatic nitrogens is 3. The lowest BCUT2D eigenvalue weighted by atomic mass is 10.1. The molecule has 0 atom stereocenters. The monoisotopic (exact) mass is 161 g/mol. The quantitative estimate of drug-likeness (QED) is 0.574. The molecule has 0 amide bonds. The molecule has 0 saturated carbocycles. The average Bonchev–Trinajstić information content (AvgIpc) is 2.11. The van der Waals surface area contributed by atoms with Gasteiger partial charge in [0.15, 0.2) is 0 Å². The van der Waals surface area contributed by atoms with E-state index in [1.54, 1.807) is 20.8 Å². The van der Waals surface area contributed by atoms with Gasteiger partial charge in [-0.3, -0.25) is 0 Å². The van der Waals surface area contributed by atoms with Crippen LogP contribution in [0.5, 0.6) is 0 Å². The fraction of sp³-hybridized carbons (Fsp3) is 0.667. The highest BCUT2D eigenvalue weighted by Crippen LogP contribution is 2.14. The van der Waals surface area contributed by atoms with Crippen molar-refractivity contribution in [2.45, 2.75) is 26.3 Å². The molecule has 1 aromatic heterocycles. The van der Waals surface area contributed by atoms with E-state index in [1.807, 2.05) is 0 Å². The van der Waals surface area contributed by atoms with Crippen molar-refractivity contribution in [1.29, 1.82) is 0 Å². The van der Waals surface area contributed by atoms with Crippen LogP contribution in [-0.2, 0) is 5.54 Å². The van der Waals surface area contributed by atoms with Crippen molar-refractivity contribution in [3.63, 3.8) is 0 Å². The number of rotatable bonds is 0. The lowest BCUT2D eigenvalue weighted by Gasteiger charge is -2.17. The van der Waals surface area contributed by atoms with Crippen LogP contribution in [0.25, 0.3) is 0 Å². The maximum absolute atomic E-state index is 12.7. The molecule has 0 unspecified atom stereocenters. The standard InChI is InChI=1S/C6H9F2N3/c1-6(2,3)11-5(8)4(7)9-10-11/h1-3H3. The zero-order valence-electron chi connectivity index (χ0n) is 6.60. The summed E-state index contributed by atoms with van der Waals surface area (Å²) in [4.78, 5) is 0. The third kappa shape index (κ3) is 1.36. The van der Waals surface area contributed by atoms with Gasteiger partial charge < -0.3 is 0 Å². The van der Waals surface area contributed by atoms with E-state index in [0.717, 1.165) is 4.68 Å². The molecule has 11 heavy (non-hydrogen) atoms. The SMILES string of the molecule is CC(C)(C)n1nnc(F)c1F. The van der Waals surface area contributed by atoms with Gasteiger partial charge in [0.25, 0.3) is 11.9 Å². The summed E-state index contributed by atoms with van der Waals surface area (Å²) in [7, 11) is 0. The van der Waals surface area contributed by atoms with Crippen molar-refractivity contribution >= 4 is 0 Å². The van der Waals surface area contributed by atoms with Crippen molar-refractivity contribution < 1.29 is 8.78 Å². The fourth-order valence-corrected chi connectivity index (χ4v) is 0.681. The molecule has 0 aromatic carbocycles. The third-order valence-corrected chi connectivity index (χ3v) is 1.21. The Kier molecular flexibility index (Phi) is 1.66. The van der Waals surface area contributed by atoms with E-state index in [-0.39, 0.29) is 0 Å². The molecule has 0 aliphatic heterocycles. The van der Waals surface area contributed by atoms with Crippen LogP contribution in [0.2, 0.25) is 0 Å². The second-order valence-electron chi connectivity index (χ2n) is 3.25. The molecule has 1 rings (SSSR count). The molecular weight excluding hydrogens is 152 g/mol. The van der Waals surface area contributed by atoms with Crippen LogP contribution in [0.3, 0.4) is 0 Å². The molecule has 1 heterocycles. The van der Waals surface area contributed by atoms with Gasteiger partial charge in [-0.1, -0.05) is 10.3 Å². The summed E-state index contributed by atoms with van der Waals surface area (Å²) in [6.45, 7) is 5.14. The minimum Gasteiger partial charge on any atom is -0.211 e. The number of hydrogen-bond acceptors (Lipinski definition) is 2. The third-order valence-electron chi connectivity index (χ3n) is 1.21. The van der Waals surface area contributed by atoms with Gasteiger partial charge in [-0.25, -0.2) is 4.68 Å². The van der Waals surface area contributed by atoms with Gasteiger partial charge in [-0.2, -0.15) is 8.78 Å². The smallest absolute Gasteiger partial charge is 0.211 e. The summed E-state index contributed by atoms with van der Waals surface area (Å²) in [5, 5.41) is 6.26. The summed E-state index contributed by atoms with van der Waals surface area (Å²) >= 11 is 0. The van der Waals surface area contributed by atoms with Crippen LogP contribution in [0, 0.1) is 11.9 Å². The van der Waals surface area contributed by atoms with E-state index >= 15 is 0 Å². The predicted molar refractivity (Wildman–Crippen MR) is 34.9 cm³/mol. The van der Waals surface area contributed by atoms with E-state index in [9.17, 15) is 8.78 Å². The van der Waals surface area contributed by atoms with Crippen molar-refractivity contribution in [3.05, 3.63) is 11.9 Å². The predicted octanol–water partition coefficient (Wildman–Crippen LogP) is 1.31. The number of halogens is 2. The van der Waals surface area contributed by atoms with Crippen molar-refractivity contribution in [2.75, 3.05) is 0 Å². The molecule has 0 N–H and O–H groups in total. The van der Waals surface area contributed by atoms with Crippen molar-refractivity contribution in [2.24, 2.45) is 0 Å². The molecule has 0 saturated heterocycles. The van der Waals surface area contributed by atoms with E-state index in [2.05, 4.69) is 10.3 Å². The van der Waals surface area contributed by atoms with Crippen molar-refractivity contribution in [3.8, 4) is 0 Å². The molecule has 0 radical (unpaired) electrons. The van der Waals surface area contributed by atoms with Gasteiger partial charge in [0.2, 0.25) is 0 Å². The molecule has 1 aromatic rings. The summed E-state index contributed by atoms with van der Waals surface area (Å²) < 4.78 is 25.9. The van der Waals surface area contributed by atoms with Gasteiger partial charge in [0.05, 0.1) is 5.54 Å². The van der Waals surface area contributed by atoms with Gasteiger partial charge in [-0.15, -0.1) is 0 Å². The Morgan fingerprint density at radius 3 is 2.00 bits per heavy atom. The highest BCUT2D eigenvalue weighted by atomic mass is 19.2. The first-order valence-electron chi connectivity index (χ1n) is 3.20. The van der Waals surface area contributed by atoms with Crippen LogP contribution in [-0.4, -0.2) is 15.0 Å². The molecule has 0 aliphatic rings. The number of nitrogens with zero attached hydrogens (tertiary/aromatic N) is 3. The van der Waals surface area contributed by atoms with Crippen LogP contribution >= 0.6 is 0 Å². The fourth-order valence-electron chi connectivity index (χ4n) is 0.681. The summed E-state index contributed by atoms with van der Waals surface area (Å²) in [6, 6.07) is 0. The molecule has 0 bridgehead atoms. The first-order chi connectivity index (χ1) is 4.93. The largest absolute Gasteiger partial charge is 0.289 e. The molecule has 5 heteroatoms. The summed E-state index contributed by atoms with van der Waals surface area (Å²) in [5.74, 6) is -2.17. The molecule has 62 valence electrons. The van der Waals surface area contributed by atoms with E-state index in [0.29, 0.717) is 0 Å². The molecule has 0 aliphatic carbocycles. The van der Waals surface area contributed by atoms with Crippen LogP contribution in [0.4, 0.5) is 8.78 Å². The van der Waals surface area contributed by atoms with E-state index in [1.165, 1.54) is 0 Å². The Hall–Kier alpha value is -1.00. The second-order valence-corrected chi connectivity index (χ2v) is 3.25. The maximum atomic E-state index is 12.7. The highest BCUT2D eigenvalue weighted by molar-refractivity contribution is 4.82. The first kappa shape index (κ1) is 8.10. The lowest BCUT2D eigenvalue weighted by molar-refractivity contribution is 0.288. The first-order valence-corrected chi connectivity index (χ1v) is 3.20. The zero-order chi connectivity index (χ0) is 8.65. The zero-order valence-corrected chi connectivity index (χ0v) is 6.60. The molecule has 0 fully saturated rings. The minimum atomic E-state index is -1.15. The summed E-state index contributed by atoms with van der Waals surface area (Å²) in [5.41, 5.74) is -0.568. The Balaban J connectivity index is 3.15. The average molecular weight is 161 g/mol. The highest BCUT2D eigenvalue weighted by Gasteiger charge is 2.22. The minimum absolute atomic E-state index is 0.568. The Morgan fingerprint density at radius 1 is 1.27 bits per heavy atom. The Labute approximate surface area is 63.0 Å². The Bertz CT molecular complexity index is 261. The maximum Gasteiger partial charge on any atom is 0.289 e. The van der Waals surface area contributed by atoms with Gasteiger partial charge >= 0.3 is 0 Å². The van der Waals surface area contributed by atoms with Gasteiger partial charge in [0, 0.05) is 0 Å². The van der Waals surface area contributed by atoms with Gasteiger partial charge in [0.1, 0.15) is 0 Å². The topological polar surface area (TPSA) is 30.7 Å². The van der Waals surface area contributed by atoms with E-state index < -0.39 is 17.4 Å². The van der Waals surface area contributed by atoms with Gasteiger partial charge in [-0.05, 0) is 20.8 Å². The van der Waals surface area contributed by atoms with Crippen LogP contribution in [0.15, 0.2) is 0 Å². The van der Waals surface area contributed by atoms with Crippen molar-refractivity contribution in [1.82, 2.24) is 15.0 Å². The normalized spacial score (nSPS) is 12.1. The second kappa shape index (κ2) is 2.25. The van der Waals surface area contributed by atoms with Crippen LogP contribution < -0.4 is 0 Å². The van der Waals surface area contributed by atoms with E-state index in [4.69, 9.17) is 0 Å². The van der Waals surface area contributed by atoms with Crippen LogP contribution in [0.1, 0.15) is 20.8 Å². The molecular formula is C6H9F2N3. The summed E-state index contributed by atoms with van der Waals surface area (Å²) in [6.07, 6.45) is 0. The Morgan fingerprint density at radius 2 is 1.82 bits per heavy atom.